The third-order valence-electron chi connectivity index (χ3n) is 2.87. The van der Waals surface area contributed by atoms with Crippen molar-refractivity contribution in [1.29, 1.82) is 0 Å². The zero-order valence-corrected chi connectivity index (χ0v) is 11.4. The van der Waals surface area contributed by atoms with Crippen LogP contribution in [0.1, 0.15) is 19.8 Å². The third-order valence-corrected chi connectivity index (χ3v) is 3.22. The number of hydrogen-bond donors (Lipinski definition) is 2. The van der Waals surface area contributed by atoms with Gasteiger partial charge in [-0.25, -0.2) is 0 Å². The van der Waals surface area contributed by atoms with Crippen LogP contribution >= 0.6 is 7.92 Å². The molecule has 0 spiro atoms. The second kappa shape index (κ2) is 8.28. The molecule has 0 radical (unpaired) electrons. The molecule has 0 aromatic carbocycles. The van der Waals surface area contributed by atoms with Crippen LogP contribution in [-0.4, -0.2) is 31.7 Å². The number of nitrogens with two attached hydrogens (primary N) is 1. The van der Waals surface area contributed by atoms with Crippen molar-refractivity contribution in [2.45, 2.75) is 25.8 Å². The van der Waals surface area contributed by atoms with Crippen molar-refractivity contribution in [3.05, 3.63) is 11.6 Å². The molecule has 1 aliphatic heterocycles. The Balaban J connectivity index is 2.78. The van der Waals surface area contributed by atoms with Crippen molar-refractivity contribution in [1.82, 2.24) is 5.32 Å². The third kappa shape index (κ3) is 4.79. The molecule has 0 bridgehead atoms. The number of rotatable bonds is 4. The maximum atomic E-state index is 11.5. The Morgan fingerprint density at radius 1 is 1.61 bits per heavy atom. The average Bonchev–Trinajstić information content (AvgIpc) is 2.39. The van der Waals surface area contributed by atoms with Gasteiger partial charge in [-0.1, -0.05) is 0 Å². The molecule has 1 saturated heterocycles. The molecule has 18 heavy (non-hydrogen) atoms. The van der Waals surface area contributed by atoms with E-state index < -0.39 is 12.0 Å². The van der Waals surface area contributed by atoms with Gasteiger partial charge in [-0.3, -0.25) is 0 Å². The van der Waals surface area contributed by atoms with Gasteiger partial charge in [-0.05, 0) is 0 Å². The zero-order chi connectivity index (χ0) is 13.4. The average molecular weight is 270 g/mol. The van der Waals surface area contributed by atoms with Gasteiger partial charge < -0.3 is 0 Å². The summed E-state index contributed by atoms with van der Waals surface area (Å²) < 4.78 is 15.5. The predicted octanol–water partition coefficient (Wildman–Crippen LogP) is 1.05. The number of esters is 1. The van der Waals surface area contributed by atoms with Crippen molar-refractivity contribution in [3.8, 4) is 5.63 Å². The molecule has 0 aromatic rings. The summed E-state index contributed by atoms with van der Waals surface area (Å²) in [6.45, 7) is 3.86. The summed E-state index contributed by atoms with van der Waals surface area (Å²) in [7, 11) is -0.183. The molecule has 0 amide bonds. The monoisotopic (exact) mass is 270 g/mol. The molecule has 0 aromatic heterocycles. The quantitative estimate of drug-likeness (QED) is 0.589. The Hall–Kier alpha value is -0.860. The fraction of sp³-hybridized carbons (Fsp3) is 0.667. The molecule has 1 rings (SSSR count). The van der Waals surface area contributed by atoms with E-state index in [1.54, 1.807) is 13.0 Å². The fourth-order valence-electron chi connectivity index (χ4n) is 1.95. The van der Waals surface area contributed by atoms with Crippen molar-refractivity contribution in [3.63, 3.8) is 0 Å². The van der Waals surface area contributed by atoms with Crippen molar-refractivity contribution >= 4 is 13.9 Å². The van der Waals surface area contributed by atoms with Crippen molar-refractivity contribution in [2.24, 2.45) is 11.7 Å². The van der Waals surface area contributed by atoms with Crippen LogP contribution in [-0.2, 0) is 14.1 Å². The Labute approximate surface area is 108 Å². The van der Waals surface area contributed by atoms with E-state index in [4.69, 9.17) is 10.5 Å². The van der Waals surface area contributed by atoms with Crippen molar-refractivity contribution in [2.75, 3.05) is 19.7 Å². The Kier molecular flexibility index (Phi) is 6.99. The summed E-state index contributed by atoms with van der Waals surface area (Å²) in [6, 6.07) is -0.816. The van der Waals surface area contributed by atoms with Gasteiger partial charge in [0.2, 0.25) is 0 Å². The number of carbonyl (C=O) groups excluding carboxylic acids is 1. The summed E-state index contributed by atoms with van der Waals surface area (Å²) in [5.41, 5.74) is 9.23. The molecule has 1 aliphatic rings. The molecule has 0 saturated carbocycles. The van der Waals surface area contributed by atoms with E-state index in [-0.39, 0.29) is 13.8 Å². The van der Waals surface area contributed by atoms with Crippen LogP contribution in [0.25, 0.3) is 0 Å². The molecule has 6 heteroatoms. The summed E-state index contributed by atoms with van der Waals surface area (Å²) in [5.74, 6) is -0.207. The van der Waals surface area contributed by atoms with Crippen LogP contribution in [0.5, 0.6) is 0 Å². The van der Waals surface area contributed by atoms with Gasteiger partial charge in [-0.2, -0.15) is 0 Å². The number of piperidine rings is 1. The van der Waals surface area contributed by atoms with Crippen LogP contribution in [0.2, 0.25) is 0 Å². The van der Waals surface area contributed by atoms with Gasteiger partial charge in [0.1, 0.15) is 0 Å². The van der Waals surface area contributed by atoms with Gasteiger partial charge in [0.05, 0.1) is 0 Å². The van der Waals surface area contributed by atoms with Gasteiger partial charge >= 0.3 is 108 Å². The molecule has 3 N–H and O–H groups in total. The van der Waals surface area contributed by atoms with E-state index in [9.17, 15) is 9.36 Å². The first-order chi connectivity index (χ1) is 8.69. The second-order valence-corrected chi connectivity index (χ2v) is 4.53. The Bertz CT molecular complexity index is 410. The molecular weight excluding hydrogens is 251 g/mol. The molecule has 1 heterocycles. The van der Waals surface area contributed by atoms with E-state index >= 15 is 0 Å². The van der Waals surface area contributed by atoms with E-state index in [1.165, 1.54) is 0 Å². The summed E-state index contributed by atoms with van der Waals surface area (Å²) in [5, 5.41) is 3.25. The van der Waals surface area contributed by atoms with Crippen LogP contribution in [0, 0.1) is 11.5 Å². The maximum absolute atomic E-state index is 11.5. The van der Waals surface area contributed by atoms with E-state index in [0.717, 1.165) is 31.5 Å². The first kappa shape index (κ1) is 15.2. The van der Waals surface area contributed by atoms with Gasteiger partial charge in [0.15, 0.2) is 0 Å². The van der Waals surface area contributed by atoms with Gasteiger partial charge in [0, 0.05) is 0 Å². The first-order valence-corrected chi connectivity index (χ1v) is 6.93. The van der Waals surface area contributed by atoms with Crippen LogP contribution in [0.3, 0.4) is 0 Å². The number of nitrogens with one attached hydrogen (secondary N) is 1. The standard InChI is InChI=1S/C12H19N2O3P/c1-2-17-12(15)11(13)7-10(8-18-16)9-3-5-14-6-4-9/h7,9,11,14H,2-6,13H2,1H3. The molecule has 5 nitrogen and oxygen atoms in total. The SMILES string of the molecule is CCOC(=O)C(N)C=C(C#P=O)C1CCNCC1. The first-order valence-electron chi connectivity index (χ1n) is 6.12. The minimum absolute atomic E-state index is 0.183. The molecule has 1 unspecified atom stereocenters. The van der Waals surface area contributed by atoms with Crippen molar-refractivity contribution < 1.29 is 14.1 Å². The number of ether oxygens (including phenoxy) is 1. The molecule has 100 valence electrons. The second-order valence-electron chi connectivity index (χ2n) is 4.13. The molecule has 1 atom stereocenters. The number of carbonyl (C=O) groups is 1. The van der Waals surface area contributed by atoms with Crippen LogP contribution in [0.4, 0.5) is 0 Å². The summed E-state index contributed by atoms with van der Waals surface area (Å²) >= 11 is 0. The van der Waals surface area contributed by atoms with E-state index in [0.29, 0.717) is 6.61 Å². The molecular formula is C12H19N2O3P. The predicted molar refractivity (Wildman–Crippen MR) is 69.8 cm³/mol. The van der Waals surface area contributed by atoms with Crippen LogP contribution in [0.15, 0.2) is 11.6 Å². The summed E-state index contributed by atoms with van der Waals surface area (Å²) in [4.78, 5) is 11.5. The van der Waals surface area contributed by atoms with Gasteiger partial charge in [0.25, 0.3) is 0 Å². The minimum atomic E-state index is -0.816. The fourth-order valence-corrected chi connectivity index (χ4v) is 2.31. The molecule has 0 aliphatic carbocycles. The normalized spacial score (nSPS) is 18.9. The van der Waals surface area contributed by atoms with Gasteiger partial charge in [-0.15, -0.1) is 0 Å². The topological polar surface area (TPSA) is 81.4 Å². The number of allylic oxidation sites excluding steroid dienone is 1. The van der Waals surface area contributed by atoms with E-state index in [1.807, 2.05) is 0 Å². The zero-order valence-electron chi connectivity index (χ0n) is 10.5. The Morgan fingerprint density at radius 3 is 2.83 bits per heavy atom. The van der Waals surface area contributed by atoms with Crippen LogP contribution < -0.4 is 11.1 Å². The molecule has 1 fully saturated rings. The summed E-state index contributed by atoms with van der Waals surface area (Å²) in [6.07, 6.45) is 3.48. The van der Waals surface area contributed by atoms with E-state index in [2.05, 4.69) is 10.9 Å². The number of hydrogen-bond acceptors (Lipinski definition) is 5. The Morgan fingerprint density at radius 2 is 2.28 bits per heavy atom.